The van der Waals surface area contributed by atoms with Crippen molar-refractivity contribution in [1.29, 1.82) is 0 Å². The molecule has 0 radical (unpaired) electrons. The van der Waals surface area contributed by atoms with Crippen LogP contribution in [0.25, 0.3) is 0 Å². The van der Waals surface area contributed by atoms with Crippen molar-refractivity contribution >= 4 is 0 Å². The van der Waals surface area contributed by atoms with Crippen LogP contribution in [0.3, 0.4) is 0 Å². The first kappa shape index (κ1) is 8.91. The summed E-state index contributed by atoms with van der Waals surface area (Å²) in [5.74, 6) is -2.17. The molecule has 0 aromatic rings. The highest BCUT2D eigenvalue weighted by Crippen LogP contribution is 2.38. The van der Waals surface area contributed by atoms with Crippen LogP contribution in [0.1, 0.15) is 19.3 Å². The van der Waals surface area contributed by atoms with Gasteiger partial charge in [-0.3, -0.25) is 0 Å². The van der Waals surface area contributed by atoms with Gasteiger partial charge in [0.1, 0.15) is 0 Å². The largest absolute Gasteiger partial charge is 0.309 e. The quantitative estimate of drug-likeness (QED) is 0.601. The molecule has 1 atom stereocenters. The van der Waals surface area contributed by atoms with E-state index in [0.29, 0.717) is 6.42 Å². The van der Waals surface area contributed by atoms with Crippen molar-refractivity contribution in [2.45, 2.75) is 25.2 Å². The Labute approximate surface area is 66.4 Å². The van der Waals surface area contributed by atoms with Crippen LogP contribution in [0, 0.1) is 5.92 Å². The average molecular weight is 163 g/mol. The number of rotatable bonds is 2. The zero-order valence-corrected chi connectivity index (χ0v) is 7.11. The molecule has 1 fully saturated rings. The molecule has 1 nitrogen and oxygen atoms in total. The van der Waals surface area contributed by atoms with Gasteiger partial charge in [0.25, 0.3) is 0 Å². The van der Waals surface area contributed by atoms with Crippen molar-refractivity contribution in [2.24, 2.45) is 5.92 Å². The summed E-state index contributed by atoms with van der Waals surface area (Å²) in [7, 11) is 3.85. The van der Waals surface area contributed by atoms with Crippen molar-refractivity contribution in [2.75, 3.05) is 20.6 Å². The lowest BCUT2D eigenvalue weighted by atomic mass is 10.1. The fraction of sp³-hybridized carbons (Fsp3) is 1.00. The molecule has 1 unspecified atom stereocenters. The van der Waals surface area contributed by atoms with E-state index in [4.69, 9.17) is 0 Å². The minimum atomic E-state index is -2.37. The summed E-state index contributed by atoms with van der Waals surface area (Å²) in [6, 6.07) is 0. The lowest BCUT2D eigenvalue weighted by molar-refractivity contribution is 0.00410. The second-order valence-electron chi connectivity index (χ2n) is 3.73. The van der Waals surface area contributed by atoms with Gasteiger partial charge in [-0.1, -0.05) is 0 Å². The second-order valence-corrected chi connectivity index (χ2v) is 3.73. The van der Waals surface area contributed by atoms with Crippen LogP contribution in [0.15, 0.2) is 0 Å². The molecule has 0 aliphatic heterocycles. The molecule has 66 valence electrons. The molecule has 1 rings (SSSR count). The van der Waals surface area contributed by atoms with Crippen molar-refractivity contribution in [3.63, 3.8) is 0 Å². The van der Waals surface area contributed by atoms with Gasteiger partial charge in [-0.05, 0) is 26.4 Å². The molecule has 11 heavy (non-hydrogen) atoms. The molecule has 0 saturated heterocycles. The molecule has 0 spiro atoms. The van der Waals surface area contributed by atoms with Crippen molar-refractivity contribution < 1.29 is 8.78 Å². The van der Waals surface area contributed by atoms with Crippen molar-refractivity contribution in [3.8, 4) is 0 Å². The minimum Gasteiger partial charge on any atom is -0.309 e. The highest BCUT2D eigenvalue weighted by atomic mass is 19.3. The Bertz CT molecular complexity index is 134. The van der Waals surface area contributed by atoms with Gasteiger partial charge in [-0.15, -0.1) is 0 Å². The average Bonchev–Trinajstić information content (AvgIpc) is 2.08. The first-order valence-corrected chi connectivity index (χ1v) is 4.02. The summed E-state index contributed by atoms with van der Waals surface area (Å²) in [4.78, 5) is 1.98. The molecule has 0 N–H and O–H groups in total. The Kier molecular flexibility index (Phi) is 2.47. The van der Waals surface area contributed by atoms with Gasteiger partial charge in [0.2, 0.25) is 5.92 Å². The van der Waals surface area contributed by atoms with E-state index in [2.05, 4.69) is 0 Å². The number of hydrogen-bond acceptors (Lipinski definition) is 1. The molecule has 0 heterocycles. The van der Waals surface area contributed by atoms with E-state index < -0.39 is 5.92 Å². The minimum absolute atomic E-state index is 0.0885. The topological polar surface area (TPSA) is 3.24 Å². The van der Waals surface area contributed by atoms with Gasteiger partial charge in [0.05, 0.1) is 0 Å². The molecular weight excluding hydrogens is 148 g/mol. The summed E-state index contributed by atoms with van der Waals surface area (Å²) < 4.78 is 25.3. The van der Waals surface area contributed by atoms with Gasteiger partial charge in [-0.25, -0.2) is 8.78 Å². The van der Waals surface area contributed by atoms with Crippen LogP contribution >= 0.6 is 0 Å². The molecule has 1 aliphatic carbocycles. The van der Waals surface area contributed by atoms with Gasteiger partial charge in [0.15, 0.2) is 0 Å². The smallest absolute Gasteiger partial charge is 0.248 e. The first-order valence-electron chi connectivity index (χ1n) is 4.02. The summed E-state index contributed by atoms with van der Waals surface area (Å²) in [5.41, 5.74) is 0. The maximum atomic E-state index is 12.6. The van der Waals surface area contributed by atoms with Crippen LogP contribution in [0.5, 0.6) is 0 Å². The molecular formula is C8H15F2N. The Morgan fingerprint density at radius 1 is 1.45 bits per heavy atom. The predicted molar refractivity (Wildman–Crippen MR) is 40.8 cm³/mol. The molecule has 0 amide bonds. The fourth-order valence-corrected chi connectivity index (χ4v) is 1.71. The van der Waals surface area contributed by atoms with Crippen LogP contribution in [0.4, 0.5) is 8.78 Å². The van der Waals surface area contributed by atoms with Gasteiger partial charge >= 0.3 is 0 Å². The van der Waals surface area contributed by atoms with Crippen LogP contribution in [0.2, 0.25) is 0 Å². The van der Waals surface area contributed by atoms with Crippen LogP contribution in [-0.2, 0) is 0 Å². The SMILES string of the molecule is CN(C)CC1CCC(F)(F)C1. The van der Waals surface area contributed by atoms with Crippen molar-refractivity contribution in [3.05, 3.63) is 0 Å². The first-order chi connectivity index (χ1) is 4.99. The number of halogens is 2. The third-order valence-electron chi connectivity index (χ3n) is 2.13. The molecule has 1 aliphatic rings. The third kappa shape index (κ3) is 2.73. The predicted octanol–water partition coefficient (Wildman–Crippen LogP) is 1.98. The Hall–Kier alpha value is -0.180. The van der Waals surface area contributed by atoms with E-state index in [0.717, 1.165) is 6.54 Å². The number of hydrogen-bond donors (Lipinski definition) is 0. The Morgan fingerprint density at radius 2 is 2.09 bits per heavy atom. The highest BCUT2D eigenvalue weighted by Gasteiger charge is 2.39. The molecule has 0 aromatic heterocycles. The fourth-order valence-electron chi connectivity index (χ4n) is 1.71. The van der Waals surface area contributed by atoms with Crippen LogP contribution in [-0.4, -0.2) is 31.5 Å². The van der Waals surface area contributed by atoms with E-state index >= 15 is 0 Å². The maximum absolute atomic E-state index is 12.6. The molecule has 0 bridgehead atoms. The summed E-state index contributed by atoms with van der Waals surface area (Å²) in [5, 5.41) is 0. The second kappa shape index (κ2) is 3.05. The molecule has 3 heteroatoms. The van der Waals surface area contributed by atoms with E-state index in [1.165, 1.54) is 0 Å². The van der Waals surface area contributed by atoms with Crippen LogP contribution < -0.4 is 0 Å². The monoisotopic (exact) mass is 163 g/mol. The van der Waals surface area contributed by atoms with E-state index in [1.807, 2.05) is 19.0 Å². The normalized spacial score (nSPS) is 29.7. The van der Waals surface area contributed by atoms with Gasteiger partial charge in [0, 0.05) is 19.4 Å². The van der Waals surface area contributed by atoms with Gasteiger partial charge < -0.3 is 4.90 Å². The number of alkyl halides is 2. The number of nitrogens with zero attached hydrogens (tertiary/aromatic N) is 1. The van der Waals surface area contributed by atoms with E-state index in [9.17, 15) is 8.78 Å². The lowest BCUT2D eigenvalue weighted by Gasteiger charge is -2.15. The van der Waals surface area contributed by atoms with E-state index in [-0.39, 0.29) is 18.8 Å². The molecule has 0 aromatic carbocycles. The van der Waals surface area contributed by atoms with E-state index in [1.54, 1.807) is 0 Å². The zero-order valence-electron chi connectivity index (χ0n) is 7.11. The Balaban J connectivity index is 2.31. The highest BCUT2D eigenvalue weighted by molar-refractivity contribution is 4.82. The maximum Gasteiger partial charge on any atom is 0.248 e. The summed E-state index contributed by atoms with van der Waals surface area (Å²) in [6.07, 6.45) is 0.863. The summed E-state index contributed by atoms with van der Waals surface area (Å²) in [6.45, 7) is 0.801. The standard InChI is InChI=1S/C8H15F2N/c1-11(2)6-7-3-4-8(9,10)5-7/h7H,3-6H2,1-2H3. The molecule has 1 saturated carbocycles. The zero-order chi connectivity index (χ0) is 8.48. The Morgan fingerprint density at radius 3 is 2.45 bits per heavy atom. The van der Waals surface area contributed by atoms with Crippen molar-refractivity contribution in [1.82, 2.24) is 4.90 Å². The summed E-state index contributed by atoms with van der Waals surface area (Å²) >= 11 is 0. The third-order valence-corrected chi connectivity index (χ3v) is 2.13. The van der Waals surface area contributed by atoms with Gasteiger partial charge in [-0.2, -0.15) is 0 Å². The lowest BCUT2D eigenvalue weighted by Crippen LogP contribution is -2.21.